The van der Waals surface area contributed by atoms with Crippen molar-refractivity contribution in [3.63, 3.8) is 0 Å². The Morgan fingerprint density at radius 3 is 2.64 bits per heavy atom. The molecule has 1 aliphatic rings. The molecular weight excluding hydrogens is 452 g/mol. The second-order valence-electron chi connectivity index (χ2n) is 8.56. The molecule has 3 rings (SSSR count). The van der Waals surface area contributed by atoms with Crippen LogP contribution < -0.4 is 5.32 Å². The first-order valence-electron chi connectivity index (χ1n) is 11.4. The van der Waals surface area contributed by atoms with Gasteiger partial charge < -0.3 is 10.4 Å². The van der Waals surface area contributed by atoms with Crippen LogP contribution in [0.5, 0.6) is 0 Å². The van der Waals surface area contributed by atoms with E-state index in [9.17, 15) is 14.7 Å². The number of thioether (sulfide) groups is 2. The van der Waals surface area contributed by atoms with Crippen molar-refractivity contribution in [3.8, 4) is 11.1 Å². The molecule has 0 spiro atoms. The minimum atomic E-state index is -1.000. The number of rotatable bonds is 11. The zero-order chi connectivity index (χ0) is 23.8. The lowest BCUT2D eigenvalue weighted by Crippen LogP contribution is -2.41. The van der Waals surface area contributed by atoms with Gasteiger partial charge in [-0.05, 0) is 85.4 Å². The molecule has 0 aliphatic carbocycles. The Morgan fingerprint density at radius 2 is 1.94 bits per heavy atom. The number of aliphatic carboxylic acids is 1. The van der Waals surface area contributed by atoms with Crippen LogP contribution >= 0.6 is 23.5 Å². The number of hydrogen-bond donors (Lipinski definition) is 2. The molecule has 1 saturated heterocycles. The number of hydrogen-bond acceptors (Lipinski definition) is 5. The molecule has 0 aromatic heterocycles. The monoisotopic (exact) mass is 486 g/mol. The summed E-state index contributed by atoms with van der Waals surface area (Å²) in [4.78, 5) is 27.4. The molecule has 1 heterocycles. The van der Waals surface area contributed by atoms with E-state index in [1.165, 1.54) is 18.4 Å². The Hall–Kier alpha value is -1.96. The third-order valence-electron chi connectivity index (χ3n) is 6.22. The molecule has 2 aromatic carbocycles. The largest absolute Gasteiger partial charge is 0.480 e. The molecule has 178 valence electrons. The summed E-state index contributed by atoms with van der Waals surface area (Å²) < 4.78 is 0. The van der Waals surface area contributed by atoms with Crippen molar-refractivity contribution < 1.29 is 14.7 Å². The van der Waals surface area contributed by atoms with E-state index in [1.54, 1.807) is 11.8 Å². The van der Waals surface area contributed by atoms with E-state index in [4.69, 9.17) is 0 Å². The standard InChI is InChI=1S/C26H34N2O3S2/c1-18-7-4-5-9-21(18)23-15-19(16-28-13-6-8-20(28)17-33-3)10-11-22(23)25(29)27-24(26(30)31)12-14-32-2/h4-5,7,9-11,15,20,24H,6,8,12-14,16-17H2,1-3H3,(H,27,29)(H,30,31). The lowest BCUT2D eigenvalue weighted by Gasteiger charge is -2.24. The average Bonchev–Trinajstić information content (AvgIpc) is 3.23. The number of carboxylic acids is 1. The summed E-state index contributed by atoms with van der Waals surface area (Å²) in [6.07, 6.45) is 6.94. The molecule has 2 unspecified atom stereocenters. The number of carbonyl (C=O) groups is 2. The van der Waals surface area contributed by atoms with E-state index in [-0.39, 0.29) is 5.91 Å². The third-order valence-corrected chi connectivity index (χ3v) is 7.58. The molecule has 7 heteroatoms. The normalized spacial score (nSPS) is 17.1. The maximum atomic E-state index is 13.2. The topological polar surface area (TPSA) is 69.6 Å². The zero-order valence-corrected chi connectivity index (χ0v) is 21.3. The molecule has 2 atom stereocenters. The number of amides is 1. The van der Waals surface area contributed by atoms with Crippen molar-refractivity contribution in [1.82, 2.24) is 10.2 Å². The number of carbonyl (C=O) groups excluding carboxylic acids is 1. The first kappa shape index (κ1) is 25.7. The Kier molecular flexibility index (Phi) is 9.71. The smallest absolute Gasteiger partial charge is 0.326 e. The van der Waals surface area contributed by atoms with Crippen LogP contribution in [0.25, 0.3) is 11.1 Å². The number of benzene rings is 2. The predicted molar refractivity (Wildman–Crippen MR) is 140 cm³/mol. The van der Waals surface area contributed by atoms with Crippen LogP contribution in [0.2, 0.25) is 0 Å². The van der Waals surface area contributed by atoms with Crippen molar-refractivity contribution in [2.75, 3.05) is 30.6 Å². The highest BCUT2D eigenvalue weighted by molar-refractivity contribution is 7.98. The SMILES string of the molecule is CSCCC(NC(=O)c1ccc(CN2CCCC2CSC)cc1-c1ccccc1C)C(=O)O. The molecule has 1 amide bonds. The molecule has 5 nitrogen and oxygen atoms in total. The van der Waals surface area contributed by atoms with Crippen molar-refractivity contribution in [1.29, 1.82) is 0 Å². The van der Waals surface area contributed by atoms with Gasteiger partial charge in [0.15, 0.2) is 0 Å². The van der Waals surface area contributed by atoms with Crippen LogP contribution in [-0.4, -0.2) is 64.5 Å². The molecule has 2 N–H and O–H groups in total. The summed E-state index contributed by atoms with van der Waals surface area (Å²) in [5.41, 5.74) is 4.64. The van der Waals surface area contributed by atoms with Crippen LogP contribution in [-0.2, 0) is 11.3 Å². The van der Waals surface area contributed by atoms with Crippen LogP contribution in [0, 0.1) is 6.92 Å². The molecule has 0 radical (unpaired) electrons. The molecule has 1 fully saturated rings. The Morgan fingerprint density at radius 1 is 1.15 bits per heavy atom. The van der Waals surface area contributed by atoms with Gasteiger partial charge in [0.25, 0.3) is 5.91 Å². The van der Waals surface area contributed by atoms with Gasteiger partial charge in [-0.15, -0.1) is 0 Å². The fourth-order valence-electron chi connectivity index (χ4n) is 4.43. The Balaban J connectivity index is 1.92. The third kappa shape index (κ3) is 6.78. The van der Waals surface area contributed by atoms with E-state index in [1.807, 2.05) is 61.3 Å². The van der Waals surface area contributed by atoms with Gasteiger partial charge in [0.1, 0.15) is 6.04 Å². The maximum Gasteiger partial charge on any atom is 0.326 e. The van der Waals surface area contributed by atoms with E-state index in [2.05, 4.69) is 22.5 Å². The number of carboxylic acid groups (broad SMARTS) is 1. The highest BCUT2D eigenvalue weighted by Crippen LogP contribution is 2.30. The highest BCUT2D eigenvalue weighted by atomic mass is 32.2. The van der Waals surface area contributed by atoms with Gasteiger partial charge >= 0.3 is 5.97 Å². The fourth-order valence-corrected chi connectivity index (χ4v) is 5.67. The zero-order valence-electron chi connectivity index (χ0n) is 19.7. The second-order valence-corrected chi connectivity index (χ2v) is 10.5. The minimum Gasteiger partial charge on any atom is -0.480 e. The maximum absolute atomic E-state index is 13.2. The summed E-state index contributed by atoms with van der Waals surface area (Å²) in [5, 5.41) is 12.3. The number of nitrogens with zero attached hydrogens (tertiary/aromatic N) is 1. The van der Waals surface area contributed by atoms with Gasteiger partial charge in [-0.2, -0.15) is 23.5 Å². The molecular formula is C26H34N2O3S2. The first-order valence-corrected chi connectivity index (χ1v) is 14.2. The quantitative estimate of drug-likeness (QED) is 0.470. The minimum absolute atomic E-state index is 0.338. The van der Waals surface area contributed by atoms with E-state index in [0.29, 0.717) is 23.8 Å². The van der Waals surface area contributed by atoms with E-state index in [0.717, 1.165) is 35.5 Å². The van der Waals surface area contributed by atoms with Gasteiger partial charge in [0.05, 0.1) is 0 Å². The Bertz CT molecular complexity index is 966. The molecule has 33 heavy (non-hydrogen) atoms. The molecule has 1 aliphatic heterocycles. The fraction of sp³-hybridized carbons (Fsp3) is 0.462. The van der Waals surface area contributed by atoms with Crippen molar-refractivity contribution in [2.24, 2.45) is 0 Å². The van der Waals surface area contributed by atoms with Crippen LogP contribution in [0.3, 0.4) is 0 Å². The molecule has 0 saturated carbocycles. The van der Waals surface area contributed by atoms with Gasteiger partial charge in [-0.25, -0.2) is 4.79 Å². The second kappa shape index (κ2) is 12.5. The lowest BCUT2D eigenvalue weighted by molar-refractivity contribution is -0.139. The predicted octanol–water partition coefficient (Wildman–Crippen LogP) is 4.93. The van der Waals surface area contributed by atoms with Crippen molar-refractivity contribution >= 4 is 35.4 Å². The van der Waals surface area contributed by atoms with Gasteiger partial charge in [-0.3, -0.25) is 9.69 Å². The summed E-state index contributed by atoms with van der Waals surface area (Å²) >= 11 is 3.46. The summed E-state index contributed by atoms with van der Waals surface area (Å²) in [7, 11) is 0. The van der Waals surface area contributed by atoms with Crippen molar-refractivity contribution in [2.45, 2.75) is 44.8 Å². The van der Waals surface area contributed by atoms with Crippen LogP contribution in [0.15, 0.2) is 42.5 Å². The number of aryl methyl sites for hydroxylation is 1. The van der Waals surface area contributed by atoms with Crippen molar-refractivity contribution in [3.05, 3.63) is 59.2 Å². The molecule has 0 bridgehead atoms. The Labute approximate surface area is 205 Å². The van der Waals surface area contributed by atoms with Crippen LogP contribution in [0.4, 0.5) is 0 Å². The van der Waals surface area contributed by atoms with Gasteiger partial charge in [0, 0.05) is 23.9 Å². The summed E-state index contributed by atoms with van der Waals surface area (Å²) in [6, 6.07) is 13.7. The number of likely N-dealkylation sites (tertiary alicyclic amines) is 1. The summed E-state index contributed by atoms with van der Waals surface area (Å²) in [5.74, 6) is 0.473. The highest BCUT2D eigenvalue weighted by Gasteiger charge is 2.26. The van der Waals surface area contributed by atoms with E-state index < -0.39 is 12.0 Å². The van der Waals surface area contributed by atoms with Crippen LogP contribution in [0.1, 0.15) is 40.7 Å². The number of nitrogens with one attached hydrogen (secondary N) is 1. The van der Waals surface area contributed by atoms with Gasteiger partial charge in [0.2, 0.25) is 0 Å². The lowest BCUT2D eigenvalue weighted by atomic mass is 9.93. The van der Waals surface area contributed by atoms with Gasteiger partial charge in [-0.1, -0.05) is 30.3 Å². The van der Waals surface area contributed by atoms with E-state index >= 15 is 0 Å². The molecule has 2 aromatic rings. The summed E-state index contributed by atoms with van der Waals surface area (Å²) in [6.45, 7) is 4.00. The average molecular weight is 487 g/mol. The first-order chi connectivity index (χ1) is 15.9.